The lowest BCUT2D eigenvalue weighted by molar-refractivity contribution is -0.137. The van der Waals surface area contributed by atoms with Crippen LogP contribution in [-0.2, 0) is 10.5 Å². The van der Waals surface area contributed by atoms with Gasteiger partial charge in [-0.25, -0.2) is 0 Å². The van der Waals surface area contributed by atoms with Crippen molar-refractivity contribution in [3.63, 3.8) is 0 Å². The number of carboxylic acids is 1. The monoisotopic (exact) mass is 238 g/mol. The summed E-state index contributed by atoms with van der Waals surface area (Å²) in [5.41, 5.74) is 2.65. The predicted molar refractivity (Wildman–Crippen MR) is 68.8 cm³/mol. The SMILES string of the molecule is Cc1ccccc1CSC(C)CCC(=O)O. The molecule has 0 fully saturated rings. The van der Waals surface area contributed by atoms with E-state index in [4.69, 9.17) is 5.11 Å². The molecule has 88 valence electrons. The van der Waals surface area contributed by atoms with Gasteiger partial charge in [-0.2, -0.15) is 11.8 Å². The Morgan fingerprint density at radius 1 is 1.44 bits per heavy atom. The number of hydrogen-bond acceptors (Lipinski definition) is 2. The molecule has 0 aromatic heterocycles. The van der Waals surface area contributed by atoms with Gasteiger partial charge >= 0.3 is 5.97 Å². The second-order valence-electron chi connectivity index (χ2n) is 3.98. The minimum absolute atomic E-state index is 0.266. The number of carbonyl (C=O) groups is 1. The standard InChI is InChI=1S/C13H18O2S/c1-10-5-3-4-6-12(10)9-16-11(2)7-8-13(14)15/h3-6,11H,7-9H2,1-2H3,(H,14,15). The Balaban J connectivity index is 2.34. The maximum Gasteiger partial charge on any atom is 0.303 e. The van der Waals surface area contributed by atoms with Crippen LogP contribution in [0.5, 0.6) is 0 Å². The Kier molecular flexibility index (Phi) is 5.39. The smallest absolute Gasteiger partial charge is 0.303 e. The van der Waals surface area contributed by atoms with Crippen LogP contribution < -0.4 is 0 Å². The molecule has 0 aliphatic carbocycles. The number of benzene rings is 1. The number of thioether (sulfide) groups is 1. The van der Waals surface area contributed by atoms with Crippen LogP contribution in [0.4, 0.5) is 0 Å². The van der Waals surface area contributed by atoms with Gasteiger partial charge in [-0.15, -0.1) is 0 Å². The Morgan fingerprint density at radius 2 is 2.12 bits per heavy atom. The number of hydrogen-bond donors (Lipinski definition) is 1. The Bertz CT molecular complexity index is 350. The summed E-state index contributed by atoms with van der Waals surface area (Å²) in [5, 5.41) is 8.98. The first-order valence-corrected chi connectivity index (χ1v) is 6.52. The Morgan fingerprint density at radius 3 is 2.75 bits per heavy atom. The highest BCUT2D eigenvalue weighted by Gasteiger charge is 2.06. The summed E-state index contributed by atoms with van der Waals surface area (Å²) in [6, 6.07) is 8.33. The summed E-state index contributed by atoms with van der Waals surface area (Å²) in [4.78, 5) is 10.4. The van der Waals surface area contributed by atoms with E-state index in [2.05, 4.69) is 26.0 Å². The van der Waals surface area contributed by atoms with Crippen molar-refractivity contribution in [2.45, 2.75) is 37.7 Å². The van der Waals surface area contributed by atoms with Gasteiger partial charge in [-0.1, -0.05) is 31.2 Å². The zero-order valence-corrected chi connectivity index (χ0v) is 10.6. The minimum atomic E-state index is -0.705. The molecule has 0 heterocycles. The lowest BCUT2D eigenvalue weighted by Crippen LogP contribution is -2.02. The van der Waals surface area contributed by atoms with Gasteiger partial charge in [0.1, 0.15) is 0 Å². The molecule has 16 heavy (non-hydrogen) atoms. The van der Waals surface area contributed by atoms with Gasteiger partial charge < -0.3 is 5.11 Å². The van der Waals surface area contributed by atoms with E-state index in [1.54, 1.807) is 0 Å². The third-order valence-electron chi connectivity index (χ3n) is 2.55. The van der Waals surface area contributed by atoms with Crippen LogP contribution in [0.15, 0.2) is 24.3 Å². The molecule has 1 unspecified atom stereocenters. The highest BCUT2D eigenvalue weighted by molar-refractivity contribution is 7.99. The minimum Gasteiger partial charge on any atom is -0.481 e. The van der Waals surface area contributed by atoms with Crippen LogP contribution >= 0.6 is 11.8 Å². The molecule has 3 heteroatoms. The van der Waals surface area contributed by atoms with Crippen molar-refractivity contribution in [1.29, 1.82) is 0 Å². The van der Waals surface area contributed by atoms with Crippen molar-refractivity contribution in [1.82, 2.24) is 0 Å². The maximum absolute atomic E-state index is 10.4. The van der Waals surface area contributed by atoms with Gasteiger partial charge in [0.05, 0.1) is 0 Å². The molecular weight excluding hydrogens is 220 g/mol. The maximum atomic E-state index is 10.4. The summed E-state index contributed by atoms with van der Waals surface area (Å²) in [5.74, 6) is 0.260. The number of aryl methyl sites for hydroxylation is 1. The highest BCUT2D eigenvalue weighted by atomic mass is 32.2. The summed E-state index contributed by atoms with van der Waals surface area (Å²) >= 11 is 1.82. The second-order valence-corrected chi connectivity index (χ2v) is 5.41. The summed E-state index contributed by atoms with van der Waals surface area (Å²) in [6.45, 7) is 4.20. The van der Waals surface area contributed by atoms with Gasteiger partial charge in [-0.3, -0.25) is 4.79 Å². The molecule has 1 rings (SSSR count). The van der Waals surface area contributed by atoms with Crippen molar-refractivity contribution in [2.75, 3.05) is 0 Å². The number of rotatable bonds is 6. The van der Waals surface area contributed by atoms with E-state index in [1.807, 2.05) is 23.9 Å². The molecule has 1 atom stereocenters. The van der Waals surface area contributed by atoms with Crippen molar-refractivity contribution in [3.8, 4) is 0 Å². The van der Waals surface area contributed by atoms with Gasteiger partial charge in [0.25, 0.3) is 0 Å². The molecule has 1 aromatic carbocycles. The topological polar surface area (TPSA) is 37.3 Å². The van der Waals surface area contributed by atoms with Crippen LogP contribution in [0.25, 0.3) is 0 Å². The average molecular weight is 238 g/mol. The molecule has 0 aliphatic heterocycles. The van der Waals surface area contributed by atoms with Crippen LogP contribution in [0, 0.1) is 6.92 Å². The molecule has 0 saturated carbocycles. The molecule has 2 nitrogen and oxygen atoms in total. The van der Waals surface area contributed by atoms with E-state index in [1.165, 1.54) is 11.1 Å². The highest BCUT2D eigenvalue weighted by Crippen LogP contribution is 2.22. The molecule has 0 aliphatic rings. The van der Waals surface area contributed by atoms with E-state index in [-0.39, 0.29) is 6.42 Å². The molecular formula is C13H18O2S. The van der Waals surface area contributed by atoms with E-state index in [0.717, 1.165) is 12.2 Å². The third-order valence-corrected chi connectivity index (χ3v) is 3.83. The molecule has 0 spiro atoms. The number of carboxylic acid groups (broad SMARTS) is 1. The van der Waals surface area contributed by atoms with Crippen LogP contribution in [0.2, 0.25) is 0 Å². The zero-order chi connectivity index (χ0) is 12.0. The normalized spacial score (nSPS) is 12.4. The summed E-state index contributed by atoms with van der Waals surface area (Å²) in [7, 11) is 0. The Hall–Kier alpha value is -0.960. The van der Waals surface area contributed by atoms with E-state index >= 15 is 0 Å². The van der Waals surface area contributed by atoms with Crippen LogP contribution in [0.1, 0.15) is 30.9 Å². The van der Waals surface area contributed by atoms with E-state index in [0.29, 0.717) is 5.25 Å². The predicted octanol–water partition coefficient (Wildman–Crippen LogP) is 3.48. The first-order chi connectivity index (χ1) is 7.59. The van der Waals surface area contributed by atoms with Gasteiger partial charge in [0.2, 0.25) is 0 Å². The lowest BCUT2D eigenvalue weighted by Gasteiger charge is -2.11. The second kappa shape index (κ2) is 6.59. The lowest BCUT2D eigenvalue weighted by atomic mass is 10.1. The van der Waals surface area contributed by atoms with Crippen molar-refractivity contribution in [3.05, 3.63) is 35.4 Å². The van der Waals surface area contributed by atoms with Gasteiger partial charge in [0.15, 0.2) is 0 Å². The summed E-state index contributed by atoms with van der Waals surface area (Å²) in [6.07, 6.45) is 1.01. The van der Waals surface area contributed by atoms with Gasteiger partial charge in [-0.05, 0) is 24.5 Å². The zero-order valence-electron chi connectivity index (χ0n) is 9.77. The fourth-order valence-electron chi connectivity index (χ4n) is 1.41. The van der Waals surface area contributed by atoms with Crippen molar-refractivity contribution >= 4 is 17.7 Å². The van der Waals surface area contributed by atoms with E-state index < -0.39 is 5.97 Å². The summed E-state index contributed by atoms with van der Waals surface area (Å²) < 4.78 is 0. The van der Waals surface area contributed by atoms with Crippen molar-refractivity contribution in [2.24, 2.45) is 0 Å². The quantitative estimate of drug-likeness (QED) is 0.824. The van der Waals surface area contributed by atoms with Crippen molar-refractivity contribution < 1.29 is 9.90 Å². The third kappa shape index (κ3) is 4.71. The Labute approximate surface area is 101 Å². The molecule has 1 N–H and O–H groups in total. The molecule has 0 radical (unpaired) electrons. The average Bonchev–Trinajstić information content (AvgIpc) is 2.25. The number of aliphatic carboxylic acids is 1. The van der Waals surface area contributed by atoms with Gasteiger partial charge in [0, 0.05) is 17.4 Å². The molecule has 0 saturated heterocycles. The van der Waals surface area contributed by atoms with E-state index in [9.17, 15) is 4.79 Å². The molecule has 0 amide bonds. The first-order valence-electron chi connectivity index (χ1n) is 5.47. The van der Waals surface area contributed by atoms with Crippen LogP contribution in [-0.4, -0.2) is 16.3 Å². The first kappa shape index (κ1) is 13.1. The molecule has 0 bridgehead atoms. The fraction of sp³-hybridized carbons (Fsp3) is 0.462. The molecule has 1 aromatic rings. The largest absolute Gasteiger partial charge is 0.481 e. The van der Waals surface area contributed by atoms with Crippen LogP contribution in [0.3, 0.4) is 0 Å². The fourth-order valence-corrected chi connectivity index (χ4v) is 2.49.